The van der Waals surface area contributed by atoms with E-state index in [2.05, 4.69) is 10.1 Å². The van der Waals surface area contributed by atoms with Crippen LogP contribution in [0.15, 0.2) is 18.2 Å². The molecular formula is C17H21FN2O4. The van der Waals surface area contributed by atoms with Crippen molar-refractivity contribution in [3.63, 3.8) is 0 Å². The van der Waals surface area contributed by atoms with Crippen molar-refractivity contribution < 1.29 is 23.5 Å². The molecule has 0 aliphatic carbocycles. The smallest absolute Gasteiger partial charge is 0.337 e. The molecule has 1 aliphatic heterocycles. The summed E-state index contributed by atoms with van der Waals surface area (Å²) >= 11 is 0. The van der Waals surface area contributed by atoms with Crippen LogP contribution >= 0.6 is 0 Å². The quantitative estimate of drug-likeness (QED) is 0.848. The minimum Gasteiger partial charge on any atom is -0.465 e. The minimum atomic E-state index is -0.808. The number of amides is 2. The van der Waals surface area contributed by atoms with Gasteiger partial charge in [-0.05, 0) is 30.5 Å². The van der Waals surface area contributed by atoms with Gasteiger partial charge < -0.3 is 15.0 Å². The molecule has 0 saturated carbocycles. The normalized spacial score (nSPS) is 17.6. The van der Waals surface area contributed by atoms with E-state index in [0.29, 0.717) is 19.5 Å². The second kappa shape index (κ2) is 7.42. The third-order valence-electron chi connectivity index (χ3n) is 3.91. The van der Waals surface area contributed by atoms with Gasteiger partial charge in [0.2, 0.25) is 5.91 Å². The summed E-state index contributed by atoms with van der Waals surface area (Å²) in [6.07, 6.45) is 0.499. The molecule has 24 heavy (non-hydrogen) atoms. The average Bonchev–Trinajstić information content (AvgIpc) is 2.55. The maximum absolute atomic E-state index is 14.3. The van der Waals surface area contributed by atoms with Gasteiger partial charge in [-0.15, -0.1) is 0 Å². The summed E-state index contributed by atoms with van der Waals surface area (Å²) in [6, 6.07) is 2.94. The second-order valence-corrected chi connectivity index (χ2v) is 6.12. The predicted molar refractivity (Wildman–Crippen MR) is 85.0 cm³/mol. The summed E-state index contributed by atoms with van der Waals surface area (Å²) < 4.78 is 18.8. The summed E-state index contributed by atoms with van der Waals surface area (Å²) in [4.78, 5) is 37.6. The standard InChI is InChI=1S/C17H21FN2O4/c1-10(2)8-14-15(21)19-6-7-20(14)16(22)12-5-4-11(9-13(12)18)17(23)24-3/h4-5,9-10,14H,6-8H2,1-3H3,(H,19,21)/t14-/m0/s1. The SMILES string of the molecule is COC(=O)c1ccc(C(=O)N2CCNC(=O)[C@@H]2CC(C)C)c(F)c1. The Kier molecular flexibility index (Phi) is 5.54. The lowest BCUT2D eigenvalue weighted by Gasteiger charge is -2.36. The number of hydrogen-bond acceptors (Lipinski definition) is 4. The Balaban J connectivity index is 2.29. The van der Waals surface area contributed by atoms with Crippen LogP contribution in [0.25, 0.3) is 0 Å². The molecule has 0 aromatic heterocycles. The van der Waals surface area contributed by atoms with Crippen LogP contribution in [0.1, 0.15) is 41.0 Å². The maximum atomic E-state index is 14.3. The molecule has 1 N–H and O–H groups in total. The number of ether oxygens (including phenoxy) is 1. The van der Waals surface area contributed by atoms with Crippen LogP contribution in [0.2, 0.25) is 0 Å². The number of rotatable bonds is 4. The predicted octanol–water partition coefficient (Wildman–Crippen LogP) is 1.60. The van der Waals surface area contributed by atoms with E-state index in [1.165, 1.54) is 24.1 Å². The Morgan fingerprint density at radius 1 is 1.42 bits per heavy atom. The Morgan fingerprint density at radius 2 is 2.12 bits per heavy atom. The molecule has 1 saturated heterocycles. The fourth-order valence-corrected chi connectivity index (χ4v) is 2.73. The molecule has 0 spiro atoms. The molecule has 0 unspecified atom stereocenters. The van der Waals surface area contributed by atoms with Crippen LogP contribution in [0, 0.1) is 11.7 Å². The largest absolute Gasteiger partial charge is 0.465 e. The van der Waals surface area contributed by atoms with Crippen molar-refractivity contribution >= 4 is 17.8 Å². The van der Waals surface area contributed by atoms with E-state index in [-0.39, 0.29) is 23.0 Å². The van der Waals surface area contributed by atoms with Crippen molar-refractivity contribution in [2.45, 2.75) is 26.3 Å². The lowest BCUT2D eigenvalue weighted by Crippen LogP contribution is -2.57. The van der Waals surface area contributed by atoms with Gasteiger partial charge in [-0.1, -0.05) is 13.8 Å². The van der Waals surface area contributed by atoms with Gasteiger partial charge in [0.15, 0.2) is 0 Å². The van der Waals surface area contributed by atoms with Crippen molar-refractivity contribution in [3.8, 4) is 0 Å². The summed E-state index contributed by atoms with van der Waals surface area (Å²) in [5, 5.41) is 2.73. The zero-order valence-corrected chi connectivity index (χ0v) is 14.0. The third-order valence-corrected chi connectivity index (χ3v) is 3.91. The summed E-state index contributed by atoms with van der Waals surface area (Å²) in [6.45, 7) is 4.56. The lowest BCUT2D eigenvalue weighted by molar-refractivity contribution is -0.128. The Labute approximate surface area is 140 Å². The Bertz CT molecular complexity index is 660. The highest BCUT2D eigenvalue weighted by molar-refractivity contribution is 5.99. The monoisotopic (exact) mass is 336 g/mol. The number of piperazine rings is 1. The highest BCUT2D eigenvalue weighted by atomic mass is 19.1. The van der Waals surface area contributed by atoms with Gasteiger partial charge in [-0.2, -0.15) is 0 Å². The fraction of sp³-hybridized carbons (Fsp3) is 0.471. The molecule has 1 aromatic rings. The number of esters is 1. The molecule has 0 radical (unpaired) electrons. The van der Waals surface area contributed by atoms with Crippen molar-refractivity contribution in [2.75, 3.05) is 20.2 Å². The number of hydrogen-bond donors (Lipinski definition) is 1. The van der Waals surface area contributed by atoms with Crippen LogP contribution in [0.3, 0.4) is 0 Å². The lowest BCUT2D eigenvalue weighted by atomic mass is 9.99. The van der Waals surface area contributed by atoms with Crippen molar-refractivity contribution in [2.24, 2.45) is 5.92 Å². The van der Waals surface area contributed by atoms with Crippen LogP contribution in [-0.4, -0.2) is 48.9 Å². The first kappa shape index (κ1) is 17.9. The number of nitrogens with one attached hydrogen (secondary N) is 1. The number of benzene rings is 1. The zero-order chi connectivity index (χ0) is 17.9. The van der Waals surface area contributed by atoms with E-state index < -0.39 is 23.7 Å². The van der Waals surface area contributed by atoms with Gasteiger partial charge in [-0.3, -0.25) is 9.59 Å². The third kappa shape index (κ3) is 3.72. The number of methoxy groups -OCH3 is 1. The zero-order valence-electron chi connectivity index (χ0n) is 14.0. The second-order valence-electron chi connectivity index (χ2n) is 6.12. The first-order valence-corrected chi connectivity index (χ1v) is 7.81. The van der Waals surface area contributed by atoms with Crippen LogP contribution in [0.5, 0.6) is 0 Å². The highest BCUT2D eigenvalue weighted by Crippen LogP contribution is 2.20. The minimum absolute atomic E-state index is 0.0293. The highest BCUT2D eigenvalue weighted by Gasteiger charge is 2.34. The first-order chi connectivity index (χ1) is 11.3. The van der Waals surface area contributed by atoms with E-state index in [1.54, 1.807) is 0 Å². The molecule has 1 aromatic carbocycles. The topological polar surface area (TPSA) is 75.7 Å². The van der Waals surface area contributed by atoms with Gasteiger partial charge in [-0.25, -0.2) is 9.18 Å². The molecule has 1 aliphatic rings. The van der Waals surface area contributed by atoms with Crippen LogP contribution < -0.4 is 5.32 Å². The van der Waals surface area contributed by atoms with Crippen molar-refractivity contribution in [3.05, 3.63) is 35.1 Å². The molecule has 1 fully saturated rings. The van der Waals surface area contributed by atoms with Gasteiger partial charge in [0.05, 0.1) is 18.2 Å². The van der Waals surface area contributed by atoms with E-state index in [4.69, 9.17) is 0 Å². The van der Waals surface area contributed by atoms with Gasteiger partial charge in [0, 0.05) is 13.1 Å². The van der Waals surface area contributed by atoms with Crippen LogP contribution in [0.4, 0.5) is 4.39 Å². The van der Waals surface area contributed by atoms with Crippen molar-refractivity contribution in [1.29, 1.82) is 0 Å². The van der Waals surface area contributed by atoms with Gasteiger partial charge in [0.1, 0.15) is 11.9 Å². The number of carbonyl (C=O) groups is 3. The van der Waals surface area contributed by atoms with E-state index in [9.17, 15) is 18.8 Å². The number of halogens is 1. The molecule has 7 heteroatoms. The number of nitrogens with zero attached hydrogens (tertiary/aromatic N) is 1. The Hall–Kier alpha value is -2.44. The first-order valence-electron chi connectivity index (χ1n) is 7.81. The molecule has 2 rings (SSSR count). The van der Waals surface area contributed by atoms with Gasteiger partial charge >= 0.3 is 5.97 Å². The molecule has 1 atom stereocenters. The van der Waals surface area contributed by atoms with Gasteiger partial charge in [0.25, 0.3) is 5.91 Å². The average molecular weight is 336 g/mol. The summed E-state index contributed by atoms with van der Waals surface area (Å²) in [7, 11) is 1.20. The van der Waals surface area contributed by atoms with E-state index in [0.717, 1.165) is 6.07 Å². The maximum Gasteiger partial charge on any atom is 0.337 e. The molecular weight excluding hydrogens is 315 g/mol. The Morgan fingerprint density at radius 3 is 2.71 bits per heavy atom. The molecule has 0 bridgehead atoms. The van der Waals surface area contributed by atoms with Crippen LogP contribution in [-0.2, 0) is 9.53 Å². The van der Waals surface area contributed by atoms with E-state index in [1.807, 2.05) is 13.8 Å². The molecule has 2 amide bonds. The molecule has 1 heterocycles. The summed E-state index contributed by atoms with van der Waals surface area (Å²) in [5.41, 5.74) is -0.132. The molecule has 6 nitrogen and oxygen atoms in total. The number of carbonyl (C=O) groups excluding carboxylic acids is 3. The van der Waals surface area contributed by atoms with E-state index >= 15 is 0 Å². The summed E-state index contributed by atoms with van der Waals surface area (Å²) in [5.74, 6) is -2.06. The molecule has 130 valence electrons. The van der Waals surface area contributed by atoms with Crippen molar-refractivity contribution in [1.82, 2.24) is 10.2 Å². The fourth-order valence-electron chi connectivity index (χ4n) is 2.73.